The Kier molecular flexibility index (Phi) is 8.95. The Balaban J connectivity index is 0. The van der Waals surface area contributed by atoms with E-state index >= 15 is 0 Å². The first-order chi connectivity index (χ1) is 8.16. The molecule has 11 heteroatoms. The molecular weight excluding hydrogens is 258 g/mol. The first-order valence-corrected chi connectivity index (χ1v) is 4.69. The smallest absolute Gasteiger partial charge is 0.808 e. The van der Waals surface area contributed by atoms with Gasteiger partial charge in [0.1, 0.15) is 11.8 Å². The van der Waals surface area contributed by atoms with Crippen LogP contribution in [0.15, 0.2) is 0 Å². The average Bonchev–Trinajstić information content (AvgIpc) is 2.25. The Bertz CT molecular complexity index is 337. The quantitative estimate of drug-likeness (QED) is 0.356. The molecule has 0 aromatic rings. The summed E-state index contributed by atoms with van der Waals surface area (Å²) in [5.74, 6) is -9.01. The molecule has 0 aromatic carbocycles. The molecular formula is C8H10BLiO9. The molecule has 0 bridgehead atoms. The summed E-state index contributed by atoms with van der Waals surface area (Å²) in [6, 6.07) is 0. The van der Waals surface area contributed by atoms with Gasteiger partial charge < -0.3 is 24.5 Å². The molecule has 0 spiro atoms. The van der Waals surface area contributed by atoms with Crippen LogP contribution in [-0.4, -0.2) is 41.4 Å². The zero-order valence-electron chi connectivity index (χ0n) is 10.5. The van der Waals surface area contributed by atoms with Crippen LogP contribution >= 0.6 is 0 Å². The topological polar surface area (TPSA) is 150 Å². The van der Waals surface area contributed by atoms with Crippen molar-refractivity contribution in [3.8, 4) is 0 Å². The van der Waals surface area contributed by atoms with Crippen LogP contribution in [0.5, 0.6) is 0 Å². The molecule has 2 N–H and O–H groups in total. The molecule has 2 unspecified atom stereocenters. The van der Waals surface area contributed by atoms with Crippen LogP contribution < -0.4 is 23.9 Å². The molecule has 0 aliphatic heterocycles. The molecule has 0 heterocycles. The van der Waals surface area contributed by atoms with E-state index in [1.807, 2.05) is 0 Å². The van der Waals surface area contributed by atoms with E-state index in [0.29, 0.717) is 0 Å². The number of hydrogen-bond donors (Lipinski definition) is 2. The van der Waals surface area contributed by atoms with E-state index < -0.39 is 43.0 Å². The van der Waals surface area contributed by atoms with Crippen LogP contribution in [0.2, 0.25) is 0 Å². The van der Waals surface area contributed by atoms with Crippen molar-refractivity contribution in [1.82, 2.24) is 0 Å². The number of carboxylic acid groups (broad SMARTS) is 2. The molecule has 19 heavy (non-hydrogen) atoms. The number of aliphatic carboxylic acids is 2. The summed E-state index contributed by atoms with van der Waals surface area (Å²) in [4.78, 5) is 42.6. The second kappa shape index (κ2) is 8.58. The summed E-state index contributed by atoms with van der Waals surface area (Å²) in [6.45, 7) is 1.94. The zero-order chi connectivity index (χ0) is 14.5. The van der Waals surface area contributed by atoms with Crippen LogP contribution in [-0.2, 0) is 28.5 Å². The molecule has 9 nitrogen and oxygen atoms in total. The van der Waals surface area contributed by atoms with E-state index in [4.69, 9.17) is 10.2 Å². The molecule has 100 valence electrons. The number of carbonyl (C=O) groups is 4. The predicted octanol–water partition coefficient (Wildman–Crippen LogP) is -5.14. The summed E-state index contributed by atoms with van der Waals surface area (Å²) in [5, 5.41) is 27.8. The van der Waals surface area contributed by atoms with E-state index in [1.165, 1.54) is 0 Å². The minimum absolute atomic E-state index is 0. The second-order valence-electron chi connectivity index (χ2n) is 3.28. The van der Waals surface area contributed by atoms with Gasteiger partial charge in [-0.05, 0) is 13.8 Å². The summed E-state index contributed by atoms with van der Waals surface area (Å²) in [5.41, 5.74) is 0. The molecule has 0 aliphatic carbocycles. The van der Waals surface area contributed by atoms with Gasteiger partial charge in [-0.1, -0.05) is 0 Å². The monoisotopic (exact) mass is 268 g/mol. The molecule has 0 saturated heterocycles. The van der Waals surface area contributed by atoms with Gasteiger partial charge in [-0.15, -0.1) is 0 Å². The van der Waals surface area contributed by atoms with Gasteiger partial charge in [0.15, 0.2) is 0 Å². The Morgan fingerprint density at radius 2 is 1.21 bits per heavy atom. The standard InChI is InChI=1S/C8H10BO9.Li/c1-3(5(10)11)7(14)17-9(16)18-8(15)4(2)6(12)13;/h3-4H,1-2H3,(H,10,11)(H,12,13);/q-1;+1. The van der Waals surface area contributed by atoms with E-state index in [1.54, 1.807) is 0 Å². The summed E-state index contributed by atoms with van der Waals surface area (Å²) < 4.78 is 7.93. The minimum atomic E-state index is -2.60. The van der Waals surface area contributed by atoms with Gasteiger partial charge >= 0.3 is 50.1 Å². The molecule has 0 amide bonds. The van der Waals surface area contributed by atoms with E-state index in [0.717, 1.165) is 13.8 Å². The third-order valence-electron chi connectivity index (χ3n) is 1.87. The average molecular weight is 268 g/mol. The number of carbonyl (C=O) groups excluding carboxylic acids is 2. The normalized spacial score (nSPS) is 12.4. The van der Waals surface area contributed by atoms with Gasteiger partial charge in [-0.2, -0.15) is 0 Å². The maximum atomic E-state index is 11.0. The van der Waals surface area contributed by atoms with Crippen molar-refractivity contribution in [3.63, 3.8) is 0 Å². The van der Waals surface area contributed by atoms with Crippen LogP contribution in [0.1, 0.15) is 13.8 Å². The molecule has 2 atom stereocenters. The van der Waals surface area contributed by atoms with Crippen molar-refractivity contribution in [2.24, 2.45) is 11.8 Å². The molecule has 0 rings (SSSR count). The van der Waals surface area contributed by atoms with Crippen molar-refractivity contribution >= 4 is 31.2 Å². The Morgan fingerprint density at radius 3 is 1.42 bits per heavy atom. The van der Waals surface area contributed by atoms with Gasteiger partial charge in [0.05, 0.1) is 0 Å². The zero-order valence-corrected chi connectivity index (χ0v) is 10.5. The van der Waals surface area contributed by atoms with Crippen molar-refractivity contribution < 1.29 is 62.6 Å². The molecule has 0 radical (unpaired) electrons. The van der Waals surface area contributed by atoms with Crippen LogP contribution in [0.3, 0.4) is 0 Å². The SMILES string of the molecule is CC(C(=O)O)C(=O)OB([O-])OC(=O)C(C)C(=O)O.[Li+]. The van der Waals surface area contributed by atoms with Crippen molar-refractivity contribution in [1.29, 1.82) is 0 Å². The van der Waals surface area contributed by atoms with E-state index in [2.05, 4.69) is 9.31 Å². The van der Waals surface area contributed by atoms with E-state index in [9.17, 15) is 24.2 Å². The largest absolute Gasteiger partial charge is 1.00 e. The van der Waals surface area contributed by atoms with Crippen LogP contribution in [0.25, 0.3) is 0 Å². The van der Waals surface area contributed by atoms with Crippen LogP contribution in [0.4, 0.5) is 0 Å². The van der Waals surface area contributed by atoms with Crippen LogP contribution in [0, 0.1) is 11.8 Å². The summed E-state index contributed by atoms with van der Waals surface area (Å²) >= 11 is 0. The van der Waals surface area contributed by atoms with E-state index in [-0.39, 0.29) is 18.9 Å². The van der Waals surface area contributed by atoms with Crippen molar-refractivity contribution in [2.45, 2.75) is 13.8 Å². The molecule has 0 fully saturated rings. The predicted molar refractivity (Wildman–Crippen MR) is 51.5 cm³/mol. The Morgan fingerprint density at radius 1 is 0.947 bits per heavy atom. The van der Waals surface area contributed by atoms with Gasteiger partial charge in [0.2, 0.25) is 0 Å². The Hall–Kier alpha value is -1.50. The Labute approximate surface area is 120 Å². The molecule has 0 saturated carbocycles. The number of carboxylic acids is 2. The van der Waals surface area contributed by atoms with Gasteiger partial charge in [0.25, 0.3) is 0 Å². The molecule has 0 aromatic heterocycles. The first kappa shape index (κ1) is 19.8. The third kappa shape index (κ3) is 6.85. The fraction of sp³-hybridized carbons (Fsp3) is 0.500. The third-order valence-corrected chi connectivity index (χ3v) is 1.87. The minimum Gasteiger partial charge on any atom is -0.808 e. The van der Waals surface area contributed by atoms with Gasteiger partial charge in [0, 0.05) is 0 Å². The molecule has 0 aliphatic rings. The first-order valence-electron chi connectivity index (χ1n) is 4.69. The fourth-order valence-electron chi connectivity index (χ4n) is 0.619. The number of rotatable bonds is 6. The van der Waals surface area contributed by atoms with Crippen molar-refractivity contribution in [3.05, 3.63) is 0 Å². The maximum Gasteiger partial charge on any atom is 1.00 e. The van der Waals surface area contributed by atoms with Gasteiger partial charge in [-0.3, -0.25) is 19.2 Å². The number of hydrogen-bond acceptors (Lipinski definition) is 7. The second-order valence-corrected chi connectivity index (χ2v) is 3.28. The fourth-order valence-corrected chi connectivity index (χ4v) is 0.619. The van der Waals surface area contributed by atoms with Gasteiger partial charge in [-0.25, -0.2) is 0 Å². The summed E-state index contributed by atoms with van der Waals surface area (Å²) in [7, 11) is -2.60. The van der Waals surface area contributed by atoms with Crippen molar-refractivity contribution in [2.75, 3.05) is 0 Å². The maximum absolute atomic E-state index is 11.0. The summed E-state index contributed by atoms with van der Waals surface area (Å²) in [6.07, 6.45) is 0.